The average molecular weight is 210 g/mol. The van der Waals surface area contributed by atoms with Gasteiger partial charge < -0.3 is 10.2 Å². The van der Waals surface area contributed by atoms with Gasteiger partial charge in [0.05, 0.1) is 0 Å². The van der Waals surface area contributed by atoms with Crippen molar-refractivity contribution in [2.75, 3.05) is 0 Å². The minimum Gasteiger partial charge on any atom is -0.343 e. The van der Waals surface area contributed by atoms with E-state index in [9.17, 15) is 9.59 Å². The van der Waals surface area contributed by atoms with Gasteiger partial charge in [-0.05, 0) is 40.0 Å². The number of carbonyl (C=O) groups excluding carboxylic acids is 2. The molecule has 2 amide bonds. The topological polar surface area (TPSA) is 49.4 Å². The number of piperazine rings is 1. The third-order valence-electron chi connectivity index (χ3n) is 3.75. The fraction of sp³-hybridized carbons (Fsp3) is 0.818. The number of nitrogens with one attached hydrogen (secondary N) is 1. The highest BCUT2D eigenvalue weighted by Crippen LogP contribution is 2.39. The Hall–Kier alpha value is -1.06. The molecule has 0 bridgehead atoms. The van der Waals surface area contributed by atoms with Gasteiger partial charge in [0, 0.05) is 5.54 Å². The van der Waals surface area contributed by atoms with Crippen molar-refractivity contribution in [3.8, 4) is 0 Å². The molecule has 1 saturated heterocycles. The molecular weight excluding hydrogens is 192 g/mol. The summed E-state index contributed by atoms with van der Waals surface area (Å²) < 4.78 is 0. The van der Waals surface area contributed by atoms with E-state index in [-0.39, 0.29) is 29.4 Å². The minimum atomic E-state index is -0.369. The first-order chi connectivity index (χ1) is 6.96. The molecule has 2 aliphatic rings. The summed E-state index contributed by atoms with van der Waals surface area (Å²) in [5.41, 5.74) is -0.0808. The van der Waals surface area contributed by atoms with Crippen molar-refractivity contribution < 1.29 is 9.59 Å². The van der Waals surface area contributed by atoms with E-state index in [4.69, 9.17) is 0 Å². The van der Waals surface area contributed by atoms with E-state index < -0.39 is 0 Å². The van der Waals surface area contributed by atoms with Crippen LogP contribution in [0.15, 0.2) is 0 Å². The quantitative estimate of drug-likeness (QED) is 0.691. The van der Waals surface area contributed by atoms with Crippen molar-refractivity contribution in [2.24, 2.45) is 0 Å². The van der Waals surface area contributed by atoms with Crippen LogP contribution in [0.1, 0.15) is 40.0 Å². The highest BCUT2D eigenvalue weighted by molar-refractivity contribution is 5.97. The number of nitrogens with zero attached hydrogens (tertiary/aromatic N) is 1. The molecule has 1 saturated carbocycles. The molecular formula is C11H18N2O2. The zero-order chi connectivity index (χ0) is 11.2. The van der Waals surface area contributed by atoms with E-state index >= 15 is 0 Å². The molecule has 1 heterocycles. The SMILES string of the molecule is CC1NC(=O)C(C)N(C2(C)CCC2)C1=O. The molecule has 4 nitrogen and oxygen atoms in total. The van der Waals surface area contributed by atoms with Gasteiger partial charge in [-0.2, -0.15) is 0 Å². The summed E-state index contributed by atoms with van der Waals surface area (Å²) in [6.45, 7) is 5.64. The Bertz CT molecular complexity index is 310. The van der Waals surface area contributed by atoms with Gasteiger partial charge in [0.1, 0.15) is 12.1 Å². The lowest BCUT2D eigenvalue weighted by Crippen LogP contribution is -2.69. The van der Waals surface area contributed by atoms with Crippen LogP contribution in [0.2, 0.25) is 0 Å². The number of rotatable bonds is 1. The first kappa shape index (κ1) is 10.5. The van der Waals surface area contributed by atoms with Gasteiger partial charge in [-0.3, -0.25) is 9.59 Å². The predicted octanol–water partition coefficient (Wildman–Crippen LogP) is 0.664. The molecule has 1 aliphatic heterocycles. The van der Waals surface area contributed by atoms with Crippen LogP contribution in [0.3, 0.4) is 0 Å². The summed E-state index contributed by atoms with van der Waals surface area (Å²) in [4.78, 5) is 25.5. The maximum absolute atomic E-state index is 12.0. The normalized spacial score (nSPS) is 34.7. The van der Waals surface area contributed by atoms with Crippen molar-refractivity contribution in [3.63, 3.8) is 0 Å². The number of hydrogen-bond acceptors (Lipinski definition) is 2. The van der Waals surface area contributed by atoms with Crippen LogP contribution >= 0.6 is 0 Å². The molecule has 0 aromatic rings. The van der Waals surface area contributed by atoms with Gasteiger partial charge in [0.25, 0.3) is 0 Å². The fourth-order valence-electron chi connectivity index (χ4n) is 2.58. The van der Waals surface area contributed by atoms with Crippen molar-refractivity contribution in [1.29, 1.82) is 0 Å². The zero-order valence-corrected chi connectivity index (χ0v) is 9.54. The Morgan fingerprint density at radius 2 is 1.93 bits per heavy atom. The van der Waals surface area contributed by atoms with Crippen molar-refractivity contribution in [1.82, 2.24) is 10.2 Å². The number of amides is 2. The summed E-state index contributed by atoms with van der Waals surface area (Å²) in [5, 5.41) is 2.70. The average Bonchev–Trinajstić information content (AvgIpc) is 2.12. The van der Waals surface area contributed by atoms with E-state index in [1.165, 1.54) is 0 Å². The Morgan fingerprint density at radius 3 is 2.40 bits per heavy atom. The minimum absolute atomic E-state index is 0.0322. The molecule has 0 spiro atoms. The molecule has 15 heavy (non-hydrogen) atoms. The largest absolute Gasteiger partial charge is 0.343 e. The molecule has 2 atom stereocenters. The lowest BCUT2D eigenvalue weighted by molar-refractivity contribution is -0.159. The summed E-state index contributed by atoms with van der Waals surface area (Å²) in [5.74, 6) is 0.0273. The molecule has 0 radical (unpaired) electrons. The monoisotopic (exact) mass is 210 g/mol. The number of hydrogen-bond donors (Lipinski definition) is 1. The summed E-state index contributed by atoms with van der Waals surface area (Å²) in [6.07, 6.45) is 3.19. The molecule has 0 aromatic heterocycles. The van der Waals surface area contributed by atoms with Crippen LogP contribution < -0.4 is 5.32 Å². The maximum atomic E-state index is 12.0. The van der Waals surface area contributed by atoms with Crippen LogP contribution in [0.4, 0.5) is 0 Å². The van der Waals surface area contributed by atoms with E-state index in [1.807, 2.05) is 6.92 Å². The van der Waals surface area contributed by atoms with Gasteiger partial charge in [-0.25, -0.2) is 0 Å². The second-order valence-corrected chi connectivity index (χ2v) is 4.96. The van der Waals surface area contributed by atoms with Crippen LogP contribution in [-0.2, 0) is 9.59 Å². The van der Waals surface area contributed by atoms with Crippen molar-refractivity contribution in [2.45, 2.75) is 57.7 Å². The first-order valence-electron chi connectivity index (χ1n) is 5.59. The molecule has 2 unspecified atom stereocenters. The summed E-state index contributed by atoms with van der Waals surface area (Å²) in [6, 6.07) is -0.690. The molecule has 84 valence electrons. The smallest absolute Gasteiger partial charge is 0.245 e. The van der Waals surface area contributed by atoms with Crippen LogP contribution in [0.25, 0.3) is 0 Å². The molecule has 2 fully saturated rings. The highest BCUT2D eigenvalue weighted by Gasteiger charge is 2.48. The molecule has 1 aliphatic carbocycles. The van der Waals surface area contributed by atoms with Gasteiger partial charge in [0.2, 0.25) is 11.8 Å². The van der Waals surface area contributed by atoms with Gasteiger partial charge in [0.15, 0.2) is 0 Å². The van der Waals surface area contributed by atoms with Crippen molar-refractivity contribution in [3.05, 3.63) is 0 Å². The fourth-order valence-corrected chi connectivity index (χ4v) is 2.58. The first-order valence-corrected chi connectivity index (χ1v) is 5.59. The van der Waals surface area contributed by atoms with Crippen LogP contribution in [0, 0.1) is 0 Å². The zero-order valence-electron chi connectivity index (χ0n) is 9.54. The van der Waals surface area contributed by atoms with Gasteiger partial charge in [-0.1, -0.05) is 0 Å². The van der Waals surface area contributed by atoms with E-state index in [1.54, 1.807) is 11.8 Å². The number of carbonyl (C=O) groups is 2. The third kappa shape index (κ3) is 1.43. The Labute approximate surface area is 90.0 Å². The predicted molar refractivity (Wildman–Crippen MR) is 56.2 cm³/mol. The third-order valence-corrected chi connectivity index (χ3v) is 3.75. The van der Waals surface area contributed by atoms with Gasteiger partial charge >= 0.3 is 0 Å². The second kappa shape index (κ2) is 3.22. The Morgan fingerprint density at radius 1 is 1.33 bits per heavy atom. The molecule has 4 heteroatoms. The Balaban J connectivity index is 2.26. The maximum Gasteiger partial charge on any atom is 0.245 e. The lowest BCUT2D eigenvalue weighted by Gasteiger charge is -2.52. The summed E-state index contributed by atoms with van der Waals surface area (Å²) in [7, 11) is 0. The molecule has 1 N–H and O–H groups in total. The van der Waals surface area contributed by atoms with E-state index in [0.717, 1.165) is 19.3 Å². The second-order valence-electron chi connectivity index (χ2n) is 4.96. The van der Waals surface area contributed by atoms with Crippen molar-refractivity contribution >= 4 is 11.8 Å². The van der Waals surface area contributed by atoms with Gasteiger partial charge in [-0.15, -0.1) is 0 Å². The molecule has 2 rings (SSSR count). The molecule has 0 aromatic carbocycles. The van der Waals surface area contributed by atoms with Crippen LogP contribution in [-0.4, -0.2) is 34.3 Å². The van der Waals surface area contributed by atoms with Crippen LogP contribution in [0.5, 0.6) is 0 Å². The Kier molecular flexibility index (Phi) is 2.24. The standard InChI is InChI=1S/C11H18N2O2/c1-7-10(15)13(8(2)9(14)12-7)11(3)5-4-6-11/h7-8H,4-6H2,1-3H3,(H,12,14). The lowest BCUT2D eigenvalue weighted by atomic mass is 9.75. The highest BCUT2D eigenvalue weighted by atomic mass is 16.2. The van der Waals surface area contributed by atoms with E-state index in [0.29, 0.717) is 0 Å². The summed E-state index contributed by atoms with van der Waals surface area (Å²) >= 11 is 0. The van der Waals surface area contributed by atoms with E-state index in [2.05, 4.69) is 12.2 Å².